The summed E-state index contributed by atoms with van der Waals surface area (Å²) < 4.78 is 17.9. The molecule has 0 saturated heterocycles. The predicted molar refractivity (Wildman–Crippen MR) is 180 cm³/mol. The van der Waals surface area contributed by atoms with Crippen molar-refractivity contribution in [3.8, 4) is 22.9 Å². The fourth-order valence-corrected chi connectivity index (χ4v) is 5.01. The van der Waals surface area contributed by atoms with E-state index in [-0.39, 0.29) is 23.8 Å². The number of hydrazine groups is 1. The summed E-state index contributed by atoms with van der Waals surface area (Å²) in [5, 5.41) is 24.3. The van der Waals surface area contributed by atoms with Crippen LogP contribution < -0.4 is 21.1 Å². The molecule has 5 rings (SSSR count). The van der Waals surface area contributed by atoms with Crippen LogP contribution in [-0.2, 0) is 22.7 Å². The van der Waals surface area contributed by atoms with Crippen LogP contribution in [0.15, 0.2) is 96.1 Å². The van der Waals surface area contributed by atoms with Crippen molar-refractivity contribution in [2.24, 2.45) is 16.7 Å². The SMILES string of the molecule is CCOc1nc2cccc(C(=O)O)c2n1Cc1ccc(-c2ccccc2/C(N)=N/N(N)C(C)OC(=O)Oc2ccc(CO[N+](=O)[O-])cc2)cc1. The Morgan fingerprint density at radius 1 is 1.00 bits per heavy atom. The van der Waals surface area contributed by atoms with Crippen LogP contribution in [0, 0.1) is 10.1 Å². The number of carbonyl (C=O) groups is 2. The molecular formula is C34H33N7O9. The summed E-state index contributed by atoms with van der Waals surface area (Å²) in [5.41, 5.74) is 11.0. The number of amidine groups is 1. The zero-order chi connectivity index (χ0) is 35.8. The number of nitrogens with zero attached hydrogens (tertiary/aromatic N) is 5. The Kier molecular flexibility index (Phi) is 10.7. The van der Waals surface area contributed by atoms with E-state index in [1.54, 1.807) is 28.8 Å². The van der Waals surface area contributed by atoms with Crippen molar-refractivity contribution in [3.05, 3.63) is 123 Å². The Hall–Kier alpha value is -6.68. The molecule has 1 aromatic heterocycles. The van der Waals surface area contributed by atoms with Crippen LogP contribution in [0.25, 0.3) is 22.2 Å². The highest BCUT2D eigenvalue weighted by molar-refractivity contribution is 6.03. The molecule has 0 aliphatic carbocycles. The van der Waals surface area contributed by atoms with Crippen LogP contribution in [0.2, 0.25) is 0 Å². The topological polar surface area (TPSA) is 220 Å². The molecule has 0 saturated carbocycles. The standard InChI is InChI=1S/C34H33N7O9/c1-3-47-33-37-29-10-6-9-28(32(42)43)30(29)39(33)19-22-11-15-24(16-12-22)26-7-4-5-8-27(26)31(35)38-40(36)21(2)49-34(44)50-25-17-13-23(14-18-25)20-48-41(45)46/h4-18,21H,3,19-20,36H2,1-2H3,(H2,35,38)(H,42,43). The van der Waals surface area contributed by atoms with Gasteiger partial charge in [-0.15, -0.1) is 15.2 Å². The number of rotatable bonds is 14. The maximum atomic E-state index is 12.4. The number of imidazole rings is 1. The normalized spacial score (nSPS) is 11.9. The molecule has 50 heavy (non-hydrogen) atoms. The molecule has 1 atom stereocenters. The van der Waals surface area contributed by atoms with Crippen LogP contribution in [-0.4, -0.2) is 55.7 Å². The number of hydrogen-bond acceptors (Lipinski definition) is 12. The minimum Gasteiger partial charge on any atom is -0.478 e. The van der Waals surface area contributed by atoms with Crippen LogP contribution >= 0.6 is 0 Å². The molecule has 0 aliphatic heterocycles. The fourth-order valence-electron chi connectivity index (χ4n) is 5.01. The number of carboxylic acid groups (broad SMARTS) is 1. The van der Waals surface area contributed by atoms with Crippen molar-refractivity contribution in [3.63, 3.8) is 0 Å². The van der Waals surface area contributed by atoms with Gasteiger partial charge in [0.25, 0.3) is 11.1 Å². The number of aromatic nitrogens is 2. The van der Waals surface area contributed by atoms with E-state index in [0.29, 0.717) is 41.3 Å². The van der Waals surface area contributed by atoms with Crippen molar-refractivity contribution < 1.29 is 38.8 Å². The number of ether oxygens (including phenoxy) is 3. The molecule has 0 bridgehead atoms. The summed E-state index contributed by atoms with van der Waals surface area (Å²) in [6.45, 7) is 3.73. The van der Waals surface area contributed by atoms with Gasteiger partial charge in [0, 0.05) is 5.56 Å². The maximum absolute atomic E-state index is 12.4. The van der Waals surface area contributed by atoms with E-state index in [1.165, 1.54) is 37.3 Å². The zero-order valence-electron chi connectivity index (χ0n) is 27.0. The first-order chi connectivity index (χ1) is 24.0. The predicted octanol–water partition coefficient (Wildman–Crippen LogP) is 4.91. The van der Waals surface area contributed by atoms with E-state index in [1.807, 2.05) is 43.3 Å². The first kappa shape index (κ1) is 34.6. The number of benzene rings is 4. The highest BCUT2D eigenvalue weighted by atomic mass is 16.9. The van der Waals surface area contributed by atoms with Gasteiger partial charge in [0.15, 0.2) is 5.84 Å². The van der Waals surface area contributed by atoms with Gasteiger partial charge in [-0.05, 0) is 60.4 Å². The summed E-state index contributed by atoms with van der Waals surface area (Å²) in [4.78, 5) is 43.5. The highest BCUT2D eigenvalue weighted by Gasteiger charge is 2.20. The van der Waals surface area contributed by atoms with Gasteiger partial charge in [-0.3, -0.25) is 4.57 Å². The second-order valence-corrected chi connectivity index (χ2v) is 10.7. The summed E-state index contributed by atoms with van der Waals surface area (Å²) >= 11 is 0. The van der Waals surface area contributed by atoms with Gasteiger partial charge in [-0.25, -0.2) is 15.4 Å². The Morgan fingerprint density at radius 3 is 2.36 bits per heavy atom. The smallest absolute Gasteiger partial charge is 0.478 e. The van der Waals surface area contributed by atoms with Gasteiger partial charge in [-0.1, -0.05) is 66.7 Å². The molecule has 258 valence electrons. The Balaban J connectivity index is 1.28. The average Bonchev–Trinajstić information content (AvgIpc) is 3.44. The van der Waals surface area contributed by atoms with Crippen molar-refractivity contribution >= 4 is 29.0 Å². The molecule has 16 nitrogen and oxygen atoms in total. The summed E-state index contributed by atoms with van der Waals surface area (Å²) in [6.07, 6.45) is -2.14. The number of hydrogen-bond donors (Lipinski definition) is 3. The minimum absolute atomic E-state index is 0.0518. The number of carbonyl (C=O) groups excluding carboxylic acids is 1. The maximum Gasteiger partial charge on any atom is 0.515 e. The Labute approximate surface area is 285 Å². The van der Waals surface area contributed by atoms with Gasteiger partial charge < -0.3 is 29.9 Å². The van der Waals surface area contributed by atoms with Gasteiger partial charge in [0.1, 0.15) is 12.4 Å². The van der Waals surface area contributed by atoms with Gasteiger partial charge >= 0.3 is 12.1 Å². The number of nitrogens with two attached hydrogens (primary N) is 2. The molecule has 1 heterocycles. The first-order valence-electron chi connectivity index (χ1n) is 15.2. The number of hydrazone groups is 1. The van der Waals surface area contributed by atoms with Gasteiger partial charge in [0.05, 0.1) is 29.7 Å². The molecule has 0 amide bonds. The van der Waals surface area contributed by atoms with E-state index >= 15 is 0 Å². The van der Waals surface area contributed by atoms with Crippen LogP contribution in [0.1, 0.15) is 40.9 Å². The molecule has 4 aromatic carbocycles. The van der Waals surface area contributed by atoms with E-state index in [0.717, 1.165) is 21.8 Å². The summed E-state index contributed by atoms with van der Waals surface area (Å²) in [7, 11) is 0. The first-order valence-corrected chi connectivity index (χ1v) is 15.2. The quantitative estimate of drug-likeness (QED) is 0.0207. The lowest BCUT2D eigenvalue weighted by molar-refractivity contribution is -0.763. The van der Waals surface area contributed by atoms with E-state index in [4.69, 9.17) is 25.8 Å². The lowest BCUT2D eigenvalue weighted by Gasteiger charge is -2.21. The fraction of sp³-hybridized carbons (Fsp3) is 0.176. The van der Waals surface area contributed by atoms with Gasteiger partial charge in [-0.2, -0.15) is 10.1 Å². The van der Waals surface area contributed by atoms with Crippen molar-refractivity contribution in [2.45, 2.75) is 33.2 Å². The molecule has 5 N–H and O–H groups in total. The number of para-hydroxylation sites is 1. The minimum atomic E-state index is -1.08. The van der Waals surface area contributed by atoms with Crippen LogP contribution in [0.3, 0.4) is 0 Å². The van der Waals surface area contributed by atoms with Crippen molar-refractivity contribution in [1.29, 1.82) is 0 Å². The van der Waals surface area contributed by atoms with Crippen molar-refractivity contribution in [1.82, 2.24) is 14.7 Å². The molecule has 0 spiro atoms. The number of carboxylic acids is 1. The Morgan fingerprint density at radius 2 is 1.68 bits per heavy atom. The van der Waals surface area contributed by atoms with Crippen LogP contribution in [0.5, 0.6) is 11.8 Å². The third-order valence-electron chi connectivity index (χ3n) is 7.37. The Bertz CT molecular complexity index is 2030. The van der Waals surface area contributed by atoms with Crippen molar-refractivity contribution in [2.75, 3.05) is 6.61 Å². The molecule has 0 fully saturated rings. The molecule has 0 radical (unpaired) electrons. The van der Waals surface area contributed by atoms with E-state index in [2.05, 4.69) is 14.9 Å². The largest absolute Gasteiger partial charge is 0.515 e. The molecule has 0 aliphatic rings. The third kappa shape index (κ3) is 8.23. The van der Waals surface area contributed by atoms with E-state index < -0.39 is 23.4 Å². The molecule has 16 heteroatoms. The van der Waals surface area contributed by atoms with Gasteiger partial charge in [0.2, 0.25) is 6.23 Å². The molecule has 1 unspecified atom stereocenters. The van der Waals surface area contributed by atoms with Crippen LogP contribution in [0.4, 0.5) is 4.79 Å². The zero-order valence-corrected chi connectivity index (χ0v) is 27.0. The summed E-state index contributed by atoms with van der Waals surface area (Å²) in [5.74, 6) is 5.19. The lowest BCUT2D eigenvalue weighted by Crippen LogP contribution is -2.40. The monoisotopic (exact) mass is 683 g/mol. The molecular weight excluding hydrogens is 650 g/mol. The second kappa shape index (κ2) is 15.5. The average molecular weight is 684 g/mol. The lowest BCUT2D eigenvalue weighted by atomic mass is 9.98. The highest BCUT2D eigenvalue weighted by Crippen LogP contribution is 2.28. The third-order valence-corrected chi connectivity index (χ3v) is 7.37. The number of fused-ring (bicyclic) bond motifs is 1. The number of aromatic carboxylic acids is 1. The molecule has 5 aromatic rings. The second-order valence-electron chi connectivity index (χ2n) is 10.7. The van der Waals surface area contributed by atoms with E-state index in [9.17, 15) is 24.8 Å². The summed E-state index contributed by atoms with van der Waals surface area (Å²) in [6, 6.07) is 26.0.